The minimum atomic E-state index is -2.96. The van der Waals surface area contributed by atoms with Crippen LogP contribution in [0.25, 0.3) is 0 Å². The van der Waals surface area contributed by atoms with E-state index >= 15 is 0 Å². The van der Waals surface area contributed by atoms with Crippen LogP contribution in [0.5, 0.6) is 11.5 Å². The molecule has 1 heterocycles. The largest absolute Gasteiger partial charge is 0.490 e. The van der Waals surface area contributed by atoms with Gasteiger partial charge in [-0.25, -0.2) is 0 Å². The molecule has 0 spiro atoms. The fourth-order valence-corrected chi connectivity index (χ4v) is 2.27. The number of halogens is 3. The molecule has 25 heavy (non-hydrogen) atoms. The van der Waals surface area contributed by atoms with Gasteiger partial charge in [0.05, 0.1) is 30.3 Å². The van der Waals surface area contributed by atoms with E-state index in [9.17, 15) is 13.6 Å². The zero-order chi connectivity index (χ0) is 18.4. The molecule has 1 aromatic heterocycles. The third kappa shape index (κ3) is 5.60. The van der Waals surface area contributed by atoms with Crippen LogP contribution in [0.3, 0.4) is 0 Å². The number of aromatic nitrogens is 2. The Morgan fingerprint density at radius 1 is 1.40 bits per heavy atom. The Morgan fingerprint density at radius 2 is 2.16 bits per heavy atom. The van der Waals surface area contributed by atoms with Gasteiger partial charge in [-0.15, -0.1) is 0 Å². The minimum absolute atomic E-state index is 0.0888. The lowest BCUT2D eigenvalue weighted by Gasteiger charge is -2.15. The molecule has 6 nitrogen and oxygen atoms in total. The van der Waals surface area contributed by atoms with Gasteiger partial charge in [0.15, 0.2) is 11.5 Å². The summed E-state index contributed by atoms with van der Waals surface area (Å²) in [4.78, 5) is 12.3. The maximum absolute atomic E-state index is 12.4. The van der Waals surface area contributed by atoms with E-state index in [1.807, 2.05) is 0 Å². The third-order valence-corrected chi connectivity index (χ3v) is 3.43. The summed E-state index contributed by atoms with van der Waals surface area (Å²) in [6.45, 7) is 1.12. The smallest absolute Gasteiger partial charge is 0.387 e. The number of rotatable bonds is 8. The van der Waals surface area contributed by atoms with Crippen molar-refractivity contribution in [2.75, 3.05) is 11.9 Å². The maximum atomic E-state index is 12.4. The van der Waals surface area contributed by atoms with E-state index in [4.69, 9.17) is 16.3 Å². The monoisotopic (exact) mass is 373 g/mol. The second-order valence-corrected chi connectivity index (χ2v) is 5.68. The van der Waals surface area contributed by atoms with E-state index < -0.39 is 6.61 Å². The van der Waals surface area contributed by atoms with Crippen LogP contribution in [0.4, 0.5) is 14.5 Å². The molecule has 0 aliphatic carbocycles. The summed E-state index contributed by atoms with van der Waals surface area (Å²) < 4.78 is 36.0. The number of hydrogen-bond acceptors (Lipinski definition) is 4. The summed E-state index contributed by atoms with van der Waals surface area (Å²) in [5.74, 6) is -0.596. The van der Waals surface area contributed by atoms with E-state index in [2.05, 4.69) is 15.2 Å². The molecule has 1 unspecified atom stereocenters. The van der Waals surface area contributed by atoms with Gasteiger partial charge in [0.25, 0.3) is 0 Å². The van der Waals surface area contributed by atoms with E-state index in [1.165, 1.54) is 24.4 Å². The Labute approximate surface area is 148 Å². The van der Waals surface area contributed by atoms with Crippen LogP contribution >= 0.6 is 11.6 Å². The molecule has 1 amide bonds. The van der Waals surface area contributed by atoms with Crippen molar-refractivity contribution in [1.29, 1.82) is 0 Å². The highest BCUT2D eigenvalue weighted by molar-refractivity contribution is 6.30. The topological polar surface area (TPSA) is 65.4 Å². The molecule has 0 aliphatic rings. The van der Waals surface area contributed by atoms with Crippen molar-refractivity contribution in [2.24, 2.45) is 5.92 Å². The highest BCUT2D eigenvalue weighted by Crippen LogP contribution is 2.32. The first-order chi connectivity index (χ1) is 11.9. The van der Waals surface area contributed by atoms with Crippen molar-refractivity contribution in [3.8, 4) is 11.5 Å². The van der Waals surface area contributed by atoms with Crippen LogP contribution in [0.15, 0.2) is 30.6 Å². The van der Waals surface area contributed by atoms with Crippen molar-refractivity contribution in [1.82, 2.24) is 9.78 Å². The maximum Gasteiger partial charge on any atom is 0.387 e. The quantitative estimate of drug-likeness (QED) is 0.764. The number of nitrogens with zero attached hydrogens (tertiary/aromatic N) is 2. The number of carbonyl (C=O) groups is 1. The van der Waals surface area contributed by atoms with Gasteiger partial charge in [0.1, 0.15) is 0 Å². The number of anilines is 1. The van der Waals surface area contributed by atoms with Crippen molar-refractivity contribution >= 4 is 23.2 Å². The number of amides is 1. The fraction of sp³-hybridized carbons (Fsp3) is 0.375. The zero-order valence-electron chi connectivity index (χ0n) is 13.7. The number of benzene rings is 1. The lowest BCUT2D eigenvalue weighted by Crippen LogP contribution is -2.24. The van der Waals surface area contributed by atoms with Gasteiger partial charge < -0.3 is 14.8 Å². The first-order valence-electron chi connectivity index (χ1n) is 7.59. The second-order valence-electron chi connectivity index (χ2n) is 5.24. The number of nitrogens with one attached hydrogen (secondary N) is 1. The Kier molecular flexibility index (Phi) is 6.58. The minimum Gasteiger partial charge on any atom is -0.490 e. The van der Waals surface area contributed by atoms with Gasteiger partial charge in [0, 0.05) is 18.0 Å². The van der Waals surface area contributed by atoms with E-state index in [0.29, 0.717) is 17.3 Å². The molecule has 9 heteroatoms. The van der Waals surface area contributed by atoms with E-state index in [1.54, 1.807) is 24.7 Å². The molecule has 0 aliphatic heterocycles. The number of hydrogen-bond donors (Lipinski definition) is 1. The average molecular weight is 374 g/mol. The number of ether oxygens (including phenoxy) is 2. The average Bonchev–Trinajstić information content (AvgIpc) is 2.94. The van der Waals surface area contributed by atoms with Crippen LogP contribution in [0, 0.1) is 5.92 Å². The Morgan fingerprint density at radius 3 is 2.76 bits per heavy atom. The molecular weight excluding hydrogens is 356 g/mol. The lowest BCUT2D eigenvalue weighted by atomic mass is 10.1. The molecule has 136 valence electrons. The number of alkyl halides is 2. The van der Waals surface area contributed by atoms with Gasteiger partial charge in [0.2, 0.25) is 5.91 Å². The van der Waals surface area contributed by atoms with Gasteiger partial charge in [-0.05, 0) is 19.1 Å². The molecular formula is C16H18ClF2N3O3. The van der Waals surface area contributed by atoms with Crippen molar-refractivity contribution in [2.45, 2.75) is 27.0 Å². The van der Waals surface area contributed by atoms with E-state index in [-0.39, 0.29) is 29.9 Å². The molecule has 0 bridgehead atoms. The van der Waals surface area contributed by atoms with E-state index in [0.717, 1.165) is 0 Å². The summed E-state index contributed by atoms with van der Waals surface area (Å²) in [5.41, 5.74) is 0.417. The van der Waals surface area contributed by atoms with Gasteiger partial charge >= 0.3 is 6.61 Å². The summed E-state index contributed by atoms with van der Waals surface area (Å²) >= 11 is 5.79. The van der Waals surface area contributed by atoms with Gasteiger partial charge in [-0.3, -0.25) is 9.48 Å². The van der Waals surface area contributed by atoms with Crippen LogP contribution in [0.1, 0.15) is 13.8 Å². The molecule has 0 fully saturated rings. The molecule has 1 atom stereocenters. The predicted octanol–water partition coefficient (Wildman–Crippen LogP) is 3.81. The van der Waals surface area contributed by atoms with Crippen molar-refractivity contribution < 1.29 is 23.0 Å². The summed E-state index contributed by atoms with van der Waals surface area (Å²) in [6, 6.07) is 4.23. The lowest BCUT2D eigenvalue weighted by molar-refractivity contribution is -0.119. The Bertz CT molecular complexity index is 724. The first kappa shape index (κ1) is 19.0. The summed E-state index contributed by atoms with van der Waals surface area (Å²) in [5, 5.41) is 7.22. The predicted molar refractivity (Wildman–Crippen MR) is 89.3 cm³/mol. The van der Waals surface area contributed by atoms with Crippen LogP contribution < -0.4 is 14.8 Å². The SMILES string of the molecule is CCOc1cc(NC(=O)C(C)Cn2cc(Cl)cn2)ccc1OC(F)F. The summed E-state index contributed by atoms with van der Waals surface area (Å²) in [7, 11) is 0. The summed E-state index contributed by atoms with van der Waals surface area (Å²) in [6.07, 6.45) is 3.11. The standard InChI is InChI=1S/C16H18ClF2N3O3/c1-3-24-14-6-12(4-5-13(14)25-16(18)19)21-15(23)10(2)8-22-9-11(17)7-20-22/h4-7,9-10,16H,3,8H2,1-2H3,(H,21,23). The molecule has 0 saturated heterocycles. The highest BCUT2D eigenvalue weighted by Gasteiger charge is 2.16. The Hall–Kier alpha value is -2.35. The van der Waals surface area contributed by atoms with Gasteiger partial charge in [-0.2, -0.15) is 13.9 Å². The van der Waals surface area contributed by atoms with Crippen molar-refractivity contribution in [3.05, 3.63) is 35.6 Å². The molecule has 0 radical (unpaired) electrons. The van der Waals surface area contributed by atoms with Crippen LogP contribution in [-0.4, -0.2) is 28.9 Å². The third-order valence-electron chi connectivity index (χ3n) is 3.24. The van der Waals surface area contributed by atoms with Crippen LogP contribution in [-0.2, 0) is 11.3 Å². The molecule has 1 N–H and O–H groups in total. The molecule has 1 aromatic carbocycles. The molecule has 0 saturated carbocycles. The molecule has 2 aromatic rings. The second kappa shape index (κ2) is 8.66. The normalized spacial score (nSPS) is 12.1. The fourth-order valence-electron chi connectivity index (χ4n) is 2.11. The van der Waals surface area contributed by atoms with Crippen molar-refractivity contribution in [3.63, 3.8) is 0 Å². The zero-order valence-corrected chi connectivity index (χ0v) is 14.5. The first-order valence-corrected chi connectivity index (χ1v) is 7.97. The van der Waals surface area contributed by atoms with Crippen LogP contribution in [0.2, 0.25) is 5.02 Å². The molecule has 2 rings (SSSR count). The highest BCUT2D eigenvalue weighted by atomic mass is 35.5. The van der Waals surface area contributed by atoms with Gasteiger partial charge in [-0.1, -0.05) is 18.5 Å². The Balaban J connectivity index is 2.05. The number of carbonyl (C=O) groups excluding carboxylic acids is 1.